The minimum Gasteiger partial charge on any atom is -0.497 e. The highest BCUT2D eigenvalue weighted by Gasteiger charge is 2.13. The van der Waals surface area contributed by atoms with E-state index >= 15 is 0 Å². The third kappa shape index (κ3) is 2.37. The summed E-state index contributed by atoms with van der Waals surface area (Å²) in [6.07, 6.45) is 3.04. The molecule has 0 bridgehead atoms. The summed E-state index contributed by atoms with van der Waals surface area (Å²) in [7, 11) is 3.80. The molecule has 0 fully saturated rings. The molecular weight excluding hydrogens is 246 g/mol. The van der Waals surface area contributed by atoms with Gasteiger partial charge in [-0.25, -0.2) is 4.57 Å². The Morgan fingerprint density at radius 2 is 1.80 bits per heavy atom. The lowest BCUT2D eigenvalue weighted by Gasteiger charge is -2.07. The Kier molecular flexibility index (Phi) is 3.38. The Balaban J connectivity index is 2.11. The van der Waals surface area contributed by atoms with Crippen LogP contribution in [0, 0.1) is 0 Å². The van der Waals surface area contributed by atoms with E-state index in [0.29, 0.717) is 0 Å². The third-order valence-corrected chi connectivity index (χ3v) is 3.69. The van der Waals surface area contributed by atoms with Gasteiger partial charge in [-0.3, -0.25) is 0 Å². The average molecular weight is 264 g/mol. The van der Waals surface area contributed by atoms with Gasteiger partial charge >= 0.3 is 0 Å². The van der Waals surface area contributed by atoms with Crippen LogP contribution in [0.5, 0.6) is 5.75 Å². The van der Waals surface area contributed by atoms with Crippen molar-refractivity contribution in [3.05, 3.63) is 72.1 Å². The normalized spacial score (nSPS) is 10.7. The predicted molar refractivity (Wildman–Crippen MR) is 80.9 cm³/mol. The number of ether oxygens (including phenoxy) is 1. The molecule has 0 amide bonds. The second-order valence-electron chi connectivity index (χ2n) is 4.99. The second kappa shape index (κ2) is 5.33. The van der Waals surface area contributed by atoms with Gasteiger partial charge in [0.1, 0.15) is 12.8 Å². The van der Waals surface area contributed by atoms with Crippen LogP contribution in [-0.4, -0.2) is 7.11 Å². The molecule has 1 heterocycles. The van der Waals surface area contributed by atoms with Gasteiger partial charge in [0.05, 0.1) is 13.5 Å². The summed E-state index contributed by atoms with van der Waals surface area (Å²) in [5.41, 5.74) is 2.64. The van der Waals surface area contributed by atoms with E-state index in [-0.39, 0.29) is 0 Å². The molecule has 1 aromatic heterocycles. The number of rotatable bonds is 3. The van der Waals surface area contributed by atoms with Gasteiger partial charge in [0.2, 0.25) is 0 Å². The van der Waals surface area contributed by atoms with Gasteiger partial charge in [-0.1, -0.05) is 30.3 Å². The minimum atomic E-state index is 0.900. The van der Waals surface area contributed by atoms with E-state index < -0.39 is 0 Å². The monoisotopic (exact) mass is 264 g/mol. The van der Waals surface area contributed by atoms with Gasteiger partial charge in [-0.05, 0) is 29.1 Å². The van der Waals surface area contributed by atoms with E-state index in [1.165, 1.54) is 22.0 Å². The van der Waals surface area contributed by atoms with Crippen molar-refractivity contribution >= 4 is 10.8 Å². The summed E-state index contributed by atoms with van der Waals surface area (Å²) in [5, 5.41) is 2.49. The van der Waals surface area contributed by atoms with Gasteiger partial charge in [-0.15, -0.1) is 0 Å². The van der Waals surface area contributed by atoms with E-state index in [4.69, 9.17) is 4.74 Å². The molecule has 0 atom stereocenters. The molecule has 0 saturated carbocycles. The fraction of sp³-hybridized carbons (Fsp3) is 0.167. The molecule has 0 radical (unpaired) electrons. The summed E-state index contributed by atoms with van der Waals surface area (Å²) < 4.78 is 7.50. The molecular formula is C18H18NO+. The maximum atomic E-state index is 5.30. The van der Waals surface area contributed by atoms with Crippen LogP contribution in [-0.2, 0) is 13.5 Å². The van der Waals surface area contributed by atoms with Crippen molar-refractivity contribution in [2.24, 2.45) is 7.05 Å². The van der Waals surface area contributed by atoms with Crippen LogP contribution in [0.15, 0.2) is 60.8 Å². The number of aryl methyl sites for hydroxylation is 1. The molecule has 0 aliphatic heterocycles. The van der Waals surface area contributed by atoms with Gasteiger partial charge < -0.3 is 4.74 Å². The van der Waals surface area contributed by atoms with Crippen LogP contribution < -0.4 is 9.30 Å². The number of hydrogen-bond acceptors (Lipinski definition) is 1. The lowest BCUT2D eigenvalue weighted by atomic mass is 10.0. The first-order valence-electron chi connectivity index (χ1n) is 6.77. The van der Waals surface area contributed by atoms with Crippen molar-refractivity contribution in [1.82, 2.24) is 0 Å². The van der Waals surface area contributed by atoms with Crippen LogP contribution in [0.25, 0.3) is 10.8 Å². The number of benzene rings is 2. The van der Waals surface area contributed by atoms with Crippen molar-refractivity contribution < 1.29 is 9.30 Å². The standard InChI is InChI=1S/C18H18NO/c1-19-11-10-15-13-16(20-2)8-9-17(15)18(19)12-14-6-4-3-5-7-14/h3-11,13H,12H2,1-2H3/q+1. The van der Waals surface area contributed by atoms with Crippen molar-refractivity contribution in [1.29, 1.82) is 0 Å². The van der Waals surface area contributed by atoms with Crippen LogP contribution in [0.1, 0.15) is 11.3 Å². The molecule has 100 valence electrons. The first kappa shape index (κ1) is 12.7. The van der Waals surface area contributed by atoms with E-state index in [1.54, 1.807) is 7.11 Å². The van der Waals surface area contributed by atoms with Gasteiger partial charge in [0.15, 0.2) is 11.9 Å². The number of pyridine rings is 1. The number of fused-ring (bicyclic) bond motifs is 1. The van der Waals surface area contributed by atoms with Crippen molar-refractivity contribution in [2.75, 3.05) is 7.11 Å². The number of hydrogen-bond donors (Lipinski definition) is 0. The lowest BCUT2D eigenvalue weighted by molar-refractivity contribution is -0.677. The first-order chi connectivity index (χ1) is 9.78. The zero-order valence-electron chi connectivity index (χ0n) is 11.8. The molecule has 0 aliphatic rings. The fourth-order valence-electron chi connectivity index (χ4n) is 2.55. The van der Waals surface area contributed by atoms with Gasteiger partial charge in [-0.2, -0.15) is 0 Å². The van der Waals surface area contributed by atoms with Crippen molar-refractivity contribution in [3.8, 4) is 5.75 Å². The Hall–Kier alpha value is -2.35. The molecule has 0 saturated heterocycles. The number of methoxy groups -OCH3 is 1. The minimum absolute atomic E-state index is 0.900. The molecule has 2 nitrogen and oxygen atoms in total. The zero-order chi connectivity index (χ0) is 13.9. The smallest absolute Gasteiger partial charge is 0.193 e. The molecule has 0 aliphatic carbocycles. The van der Waals surface area contributed by atoms with E-state index in [2.05, 4.69) is 66.3 Å². The predicted octanol–water partition coefficient (Wildman–Crippen LogP) is 3.26. The maximum absolute atomic E-state index is 5.30. The first-order valence-corrected chi connectivity index (χ1v) is 6.77. The molecule has 0 N–H and O–H groups in total. The molecule has 2 aromatic carbocycles. The largest absolute Gasteiger partial charge is 0.497 e. The summed E-state index contributed by atoms with van der Waals surface area (Å²) in [6.45, 7) is 0. The van der Waals surface area contributed by atoms with Crippen molar-refractivity contribution in [2.45, 2.75) is 6.42 Å². The Labute approximate surface area is 119 Å². The highest BCUT2D eigenvalue weighted by molar-refractivity contribution is 5.85. The summed E-state index contributed by atoms with van der Waals surface area (Å²) in [6, 6.07) is 19.0. The molecule has 3 aromatic rings. The summed E-state index contributed by atoms with van der Waals surface area (Å²) in [5.74, 6) is 0.900. The SMILES string of the molecule is COc1ccc2c(Cc3ccccc3)[n+](C)ccc2c1. The van der Waals surface area contributed by atoms with E-state index in [9.17, 15) is 0 Å². The zero-order valence-corrected chi connectivity index (χ0v) is 11.8. The number of nitrogens with zero attached hydrogens (tertiary/aromatic N) is 1. The molecule has 3 rings (SSSR count). The highest BCUT2D eigenvalue weighted by Crippen LogP contribution is 2.23. The van der Waals surface area contributed by atoms with Crippen LogP contribution in [0.3, 0.4) is 0 Å². The molecule has 0 unspecified atom stereocenters. The van der Waals surface area contributed by atoms with Gasteiger partial charge in [0, 0.05) is 11.5 Å². The van der Waals surface area contributed by atoms with Crippen LogP contribution in [0.4, 0.5) is 0 Å². The Morgan fingerprint density at radius 3 is 2.55 bits per heavy atom. The summed E-state index contributed by atoms with van der Waals surface area (Å²) in [4.78, 5) is 0. The lowest BCUT2D eigenvalue weighted by Crippen LogP contribution is -2.33. The van der Waals surface area contributed by atoms with Crippen LogP contribution in [0.2, 0.25) is 0 Å². The Bertz CT molecular complexity index is 735. The quantitative estimate of drug-likeness (QED) is 0.662. The van der Waals surface area contributed by atoms with Crippen LogP contribution >= 0.6 is 0 Å². The third-order valence-electron chi connectivity index (χ3n) is 3.69. The highest BCUT2D eigenvalue weighted by atomic mass is 16.5. The van der Waals surface area contributed by atoms with Crippen molar-refractivity contribution in [3.63, 3.8) is 0 Å². The van der Waals surface area contributed by atoms with Gasteiger partial charge in [0.25, 0.3) is 0 Å². The topological polar surface area (TPSA) is 13.1 Å². The van der Waals surface area contributed by atoms with E-state index in [1.807, 2.05) is 6.07 Å². The average Bonchev–Trinajstić information content (AvgIpc) is 2.50. The fourth-order valence-corrected chi connectivity index (χ4v) is 2.55. The molecule has 0 spiro atoms. The molecule has 2 heteroatoms. The second-order valence-corrected chi connectivity index (χ2v) is 4.99. The molecule has 20 heavy (non-hydrogen) atoms. The maximum Gasteiger partial charge on any atom is 0.193 e. The van der Waals surface area contributed by atoms with E-state index in [0.717, 1.165) is 12.2 Å². The summed E-state index contributed by atoms with van der Waals surface area (Å²) >= 11 is 0. The Morgan fingerprint density at radius 1 is 1.00 bits per heavy atom. The number of aromatic nitrogens is 1.